The molecule has 19 heavy (non-hydrogen) atoms. The summed E-state index contributed by atoms with van der Waals surface area (Å²) in [5.74, 6) is 6.08. The van der Waals surface area contributed by atoms with Gasteiger partial charge in [-0.1, -0.05) is 36.1 Å². The smallest absolute Gasteiger partial charge is 0.150 e. The number of carbonyl (C=O) groups excluding carboxylic acids is 1. The molecule has 0 bridgehead atoms. The summed E-state index contributed by atoms with van der Waals surface area (Å²) < 4.78 is 0. The van der Waals surface area contributed by atoms with Crippen LogP contribution in [0.4, 0.5) is 0 Å². The first kappa shape index (κ1) is 13.1. The van der Waals surface area contributed by atoms with Crippen LogP contribution in [0.3, 0.4) is 0 Å². The maximum Gasteiger partial charge on any atom is 0.150 e. The van der Waals surface area contributed by atoms with Crippen molar-refractivity contribution < 1.29 is 9.90 Å². The van der Waals surface area contributed by atoms with E-state index < -0.39 is 6.10 Å². The minimum absolute atomic E-state index is 0.460. The van der Waals surface area contributed by atoms with Gasteiger partial charge in [0.05, 0.1) is 6.10 Å². The minimum atomic E-state index is -0.460. The Hall–Kier alpha value is -2.37. The summed E-state index contributed by atoms with van der Waals surface area (Å²) in [5.41, 5.74) is 3.28. The molecule has 0 saturated heterocycles. The van der Waals surface area contributed by atoms with E-state index in [1.54, 1.807) is 19.1 Å². The fraction of sp³-hybridized carbons (Fsp3) is 0.118. The summed E-state index contributed by atoms with van der Waals surface area (Å²) in [4.78, 5) is 10.5. The second-order valence-electron chi connectivity index (χ2n) is 4.29. The lowest BCUT2D eigenvalue weighted by atomic mass is 10.1. The van der Waals surface area contributed by atoms with Crippen LogP contribution >= 0.6 is 0 Å². The summed E-state index contributed by atoms with van der Waals surface area (Å²) in [6.45, 7) is 1.73. The molecular formula is C17H14O2. The highest BCUT2D eigenvalue weighted by Crippen LogP contribution is 2.12. The third-order valence-corrected chi connectivity index (χ3v) is 2.79. The second kappa shape index (κ2) is 5.99. The number of hydrogen-bond acceptors (Lipinski definition) is 2. The predicted octanol–water partition coefficient (Wildman–Crippen LogP) is 2.95. The van der Waals surface area contributed by atoms with Gasteiger partial charge in [0.1, 0.15) is 6.29 Å². The molecule has 2 aromatic rings. The van der Waals surface area contributed by atoms with Gasteiger partial charge in [-0.05, 0) is 36.8 Å². The molecule has 0 saturated carbocycles. The Labute approximate surface area is 112 Å². The Kier molecular flexibility index (Phi) is 4.12. The van der Waals surface area contributed by atoms with Gasteiger partial charge in [-0.2, -0.15) is 0 Å². The largest absolute Gasteiger partial charge is 0.389 e. The molecule has 0 amide bonds. The van der Waals surface area contributed by atoms with Crippen LogP contribution < -0.4 is 0 Å². The van der Waals surface area contributed by atoms with E-state index in [4.69, 9.17) is 0 Å². The molecule has 0 spiro atoms. The highest BCUT2D eigenvalue weighted by Gasteiger charge is 1.98. The van der Waals surface area contributed by atoms with Gasteiger partial charge in [0.25, 0.3) is 0 Å². The lowest BCUT2D eigenvalue weighted by Crippen LogP contribution is -1.89. The molecule has 2 heteroatoms. The van der Waals surface area contributed by atoms with Gasteiger partial charge in [-0.3, -0.25) is 4.79 Å². The molecule has 0 aromatic heterocycles. The van der Waals surface area contributed by atoms with Crippen LogP contribution in [0.5, 0.6) is 0 Å². The summed E-state index contributed by atoms with van der Waals surface area (Å²) in [6.07, 6.45) is 0.351. The molecule has 0 radical (unpaired) electrons. The van der Waals surface area contributed by atoms with E-state index >= 15 is 0 Å². The molecule has 0 unspecified atom stereocenters. The predicted molar refractivity (Wildman–Crippen MR) is 74.9 cm³/mol. The average Bonchev–Trinajstić information content (AvgIpc) is 2.46. The van der Waals surface area contributed by atoms with Crippen molar-refractivity contribution in [2.75, 3.05) is 0 Å². The van der Waals surface area contributed by atoms with Crippen LogP contribution in [0, 0.1) is 11.8 Å². The van der Waals surface area contributed by atoms with Gasteiger partial charge < -0.3 is 5.11 Å². The zero-order valence-corrected chi connectivity index (χ0v) is 10.6. The number of aliphatic hydroxyl groups excluding tert-OH is 1. The first-order valence-electron chi connectivity index (χ1n) is 6.04. The van der Waals surface area contributed by atoms with Crippen molar-refractivity contribution in [3.05, 3.63) is 70.8 Å². The highest BCUT2D eigenvalue weighted by molar-refractivity contribution is 5.74. The maximum absolute atomic E-state index is 10.5. The fourth-order valence-electron chi connectivity index (χ4n) is 1.63. The van der Waals surface area contributed by atoms with Crippen molar-refractivity contribution in [3.63, 3.8) is 0 Å². The summed E-state index contributed by atoms with van der Waals surface area (Å²) in [5, 5.41) is 9.41. The molecule has 0 aliphatic heterocycles. The van der Waals surface area contributed by atoms with Crippen LogP contribution in [-0.2, 0) is 0 Å². The Morgan fingerprint density at radius 3 is 1.84 bits per heavy atom. The quantitative estimate of drug-likeness (QED) is 0.657. The van der Waals surface area contributed by atoms with Crippen LogP contribution in [0.2, 0.25) is 0 Å². The van der Waals surface area contributed by atoms with Gasteiger partial charge in [0.15, 0.2) is 0 Å². The summed E-state index contributed by atoms with van der Waals surface area (Å²) in [7, 11) is 0. The number of carbonyl (C=O) groups is 1. The maximum atomic E-state index is 10.5. The topological polar surface area (TPSA) is 37.3 Å². The number of benzene rings is 2. The van der Waals surface area contributed by atoms with Crippen molar-refractivity contribution in [2.24, 2.45) is 0 Å². The van der Waals surface area contributed by atoms with E-state index in [0.717, 1.165) is 23.0 Å². The highest BCUT2D eigenvalue weighted by atomic mass is 16.3. The Morgan fingerprint density at radius 2 is 1.42 bits per heavy atom. The molecule has 2 nitrogen and oxygen atoms in total. The fourth-order valence-corrected chi connectivity index (χ4v) is 1.63. The average molecular weight is 250 g/mol. The van der Waals surface area contributed by atoms with Gasteiger partial charge in [-0.15, -0.1) is 0 Å². The Bertz CT molecular complexity index is 611. The van der Waals surface area contributed by atoms with E-state index in [9.17, 15) is 9.90 Å². The normalized spacial score (nSPS) is 11.3. The monoisotopic (exact) mass is 250 g/mol. The summed E-state index contributed by atoms with van der Waals surface area (Å²) >= 11 is 0. The number of hydrogen-bond donors (Lipinski definition) is 1. The summed E-state index contributed by atoms with van der Waals surface area (Å²) in [6, 6.07) is 14.6. The molecule has 1 N–H and O–H groups in total. The van der Waals surface area contributed by atoms with Gasteiger partial charge in [0.2, 0.25) is 0 Å². The third kappa shape index (κ3) is 3.54. The lowest BCUT2D eigenvalue weighted by Gasteiger charge is -2.02. The molecule has 2 rings (SSSR count). The van der Waals surface area contributed by atoms with Crippen molar-refractivity contribution >= 4 is 6.29 Å². The molecule has 1 atom stereocenters. The molecule has 0 heterocycles. The van der Waals surface area contributed by atoms with E-state index in [2.05, 4.69) is 11.8 Å². The molecule has 0 aliphatic rings. The van der Waals surface area contributed by atoms with Crippen molar-refractivity contribution in [1.82, 2.24) is 0 Å². The number of aldehydes is 1. The van der Waals surface area contributed by atoms with Crippen LogP contribution in [0.15, 0.2) is 48.5 Å². The van der Waals surface area contributed by atoms with Crippen molar-refractivity contribution in [1.29, 1.82) is 0 Å². The van der Waals surface area contributed by atoms with Gasteiger partial charge in [0, 0.05) is 16.7 Å². The first-order valence-corrected chi connectivity index (χ1v) is 6.04. The number of rotatable bonds is 2. The van der Waals surface area contributed by atoms with Crippen LogP contribution in [-0.4, -0.2) is 11.4 Å². The number of aliphatic hydroxyl groups is 1. The molecule has 2 aromatic carbocycles. The van der Waals surface area contributed by atoms with Crippen molar-refractivity contribution in [3.8, 4) is 11.8 Å². The molecule has 0 aliphatic carbocycles. The molecular weight excluding hydrogens is 236 g/mol. The van der Waals surface area contributed by atoms with Crippen LogP contribution in [0.25, 0.3) is 0 Å². The molecule has 94 valence electrons. The Morgan fingerprint density at radius 1 is 0.947 bits per heavy atom. The van der Waals surface area contributed by atoms with E-state index in [1.807, 2.05) is 36.4 Å². The lowest BCUT2D eigenvalue weighted by molar-refractivity contribution is 0.112. The SMILES string of the molecule is C[C@H](O)c1ccc(C#Cc2ccc(C=O)cc2)cc1. The first-order chi connectivity index (χ1) is 9.19. The third-order valence-electron chi connectivity index (χ3n) is 2.79. The van der Waals surface area contributed by atoms with Gasteiger partial charge in [-0.25, -0.2) is 0 Å². The van der Waals surface area contributed by atoms with E-state index in [-0.39, 0.29) is 0 Å². The second-order valence-corrected chi connectivity index (χ2v) is 4.29. The minimum Gasteiger partial charge on any atom is -0.389 e. The molecule has 0 fully saturated rings. The van der Waals surface area contributed by atoms with Gasteiger partial charge >= 0.3 is 0 Å². The van der Waals surface area contributed by atoms with Crippen molar-refractivity contribution in [2.45, 2.75) is 13.0 Å². The zero-order valence-electron chi connectivity index (χ0n) is 10.6. The standard InChI is InChI=1S/C17H14O2/c1-13(19)17-10-8-15(9-11-17)3-2-14-4-6-16(12-18)7-5-14/h4-13,19H,1H3/t13-/m0/s1. The Balaban J connectivity index is 2.16. The van der Waals surface area contributed by atoms with Crippen LogP contribution in [0.1, 0.15) is 40.1 Å². The zero-order chi connectivity index (χ0) is 13.7. The van der Waals surface area contributed by atoms with E-state index in [1.165, 1.54) is 0 Å². The van der Waals surface area contributed by atoms with E-state index in [0.29, 0.717) is 5.56 Å².